The van der Waals surface area contributed by atoms with E-state index in [-0.39, 0.29) is 18.5 Å². The Morgan fingerprint density at radius 1 is 1.10 bits per heavy atom. The number of aromatic nitrogens is 3. The summed E-state index contributed by atoms with van der Waals surface area (Å²) in [4.78, 5) is 28.3. The molecular weight excluding hydrogens is 374 g/mol. The molecule has 2 aromatic heterocycles. The first-order chi connectivity index (χ1) is 14.1. The van der Waals surface area contributed by atoms with Crippen molar-refractivity contribution >= 4 is 22.9 Å². The summed E-state index contributed by atoms with van der Waals surface area (Å²) in [5.41, 5.74) is 1.64. The average molecular weight is 397 g/mol. The minimum atomic E-state index is -0.329. The molecule has 3 heterocycles. The second kappa shape index (κ2) is 7.94. The van der Waals surface area contributed by atoms with Gasteiger partial charge in [-0.25, -0.2) is 4.79 Å². The highest BCUT2D eigenvalue weighted by Gasteiger charge is 2.26. The van der Waals surface area contributed by atoms with Crippen molar-refractivity contribution in [2.24, 2.45) is 0 Å². The molecule has 4 rings (SSSR count). The molecule has 152 valence electrons. The zero-order valence-electron chi connectivity index (χ0n) is 16.5. The number of para-hydroxylation sites is 1. The summed E-state index contributed by atoms with van der Waals surface area (Å²) < 4.78 is 12.5. The number of piperazine rings is 1. The first kappa shape index (κ1) is 19.0. The van der Waals surface area contributed by atoms with Gasteiger partial charge < -0.3 is 23.5 Å². The number of aryl methyl sites for hydroxylation is 1. The normalized spacial score (nSPS) is 14.4. The molecule has 1 aromatic carbocycles. The molecule has 3 aromatic rings. The lowest BCUT2D eigenvalue weighted by molar-refractivity contribution is -0.133. The Morgan fingerprint density at radius 3 is 2.52 bits per heavy atom. The van der Waals surface area contributed by atoms with E-state index in [0.29, 0.717) is 50.3 Å². The lowest BCUT2D eigenvalue weighted by atomic mass is 10.2. The van der Waals surface area contributed by atoms with E-state index < -0.39 is 0 Å². The van der Waals surface area contributed by atoms with Gasteiger partial charge in [0, 0.05) is 44.0 Å². The molecule has 2 amide bonds. The third-order valence-electron chi connectivity index (χ3n) is 5.01. The van der Waals surface area contributed by atoms with Gasteiger partial charge in [0.2, 0.25) is 11.8 Å². The largest absolute Gasteiger partial charge is 0.450 e. The van der Waals surface area contributed by atoms with Gasteiger partial charge in [-0.1, -0.05) is 18.2 Å². The molecule has 0 aliphatic carbocycles. The summed E-state index contributed by atoms with van der Waals surface area (Å²) in [6.45, 7) is 5.90. The fourth-order valence-electron chi connectivity index (χ4n) is 3.55. The van der Waals surface area contributed by atoms with Crippen molar-refractivity contribution in [2.75, 3.05) is 32.8 Å². The number of fused-ring (bicyclic) bond motifs is 1. The van der Waals surface area contributed by atoms with E-state index in [1.165, 1.54) is 0 Å². The van der Waals surface area contributed by atoms with Gasteiger partial charge in [-0.2, -0.15) is 0 Å². The van der Waals surface area contributed by atoms with E-state index in [2.05, 4.69) is 10.2 Å². The van der Waals surface area contributed by atoms with E-state index in [0.717, 1.165) is 10.9 Å². The first-order valence-electron chi connectivity index (χ1n) is 9.65. The van der Waals surface area contributed by atoms with Crippen LogP contribution in [-0.4, -0.2) is 69.4 Å². The van der Waals surface area contributed by atoms with Crippen molar-refractivity contribution in [3.05, 3.63) is 36.2 Å². The molecule has 9 heteroatoms. The van der Waals surface area contributed by atoms with E-state index in [1.807, 2.05) is 34.9 Å². The number of benzene rings is 1. The molecule has 0 saturated carbocycles. The lowest BCUT2D eigenvalue weighted by Crippen LogP contribution is -2.51. The number of ether oxygens (including phenoxy) is 1. The fraction of sp³-hybridized carbons (Fsp3) is 0.400. The van der Waals surface area contributed by atoms with E-state index >= 15 is 0 Å². The summed E-state index contributed by atoms with van der Waals surface area (Å²) in [7, 11) is 0. The SMILES string of the molecule is CCOC(=O)N1CCN(C(=O)Cn2c(-c3nnc(C)o3)cc3ccccc32)CC1. The van der Waals surface area contributed by atoms with Crippen molar-refractivity contribution in [1.82, 2.24) is 24.6 Å². The van der Waals surface area contributed by atoms with Crippen LogP contribution < -0.4 is 0 Å². The minimum Gasteiger partial charge on any atom is -0.450 e. The number of amides is 2. The average Bonchev–Trinajstić information content (AvgIpc) is 3.32. The Labute approximate surface area is 167 Å². The highest BCUT2D eigenvalue weighted by Crippen LogP contribution is 2.27. The molecule has 29 heavy (non-hydrogen) atoms. The lowest BCUT2D eigenvalue weighted by Gasteiger charge is -2.34. The number of hydrogen-bond donors (Lipinski definition) is 0. The number of nitrogens with zero attached hydrogens (tertiary/aromatic N) is 5. The van der Waals surface area contributed by atoms with Gasteiger partial charge in [0.25, 0.3) is 5.89 Å². The van der Waals surface area contributed by atoms with Crippen LogP contribution in [0.15, 0.2) is 34.7 Å². The van der Waals surface area contributed by atoms with Crippen LogP contribution in [0.4, 0.5) is 4.79 Å². The van der Waals surface area contributed by atoms with Gasteiger partial charge in [0.15, 0.2) is 0 Å². The predicted molar refractivity (Wildman–Crippen MR) is 105 cm³/mol. The van der Waals surface area contributed by atoms with Crippen molar-refractivity contribution in [3.8, 4) is 11.6 Å². The van der Waals surface area contributed by atoms with E-state index in [4.69, 9.17) is 9.15 Å². The van der Waals surface area contributed by atoms with Crippen molar-refractivity contribution in [2.45, 2.75) is 20.4 Å². The highest BCUT2D eigenvalue weighted by atomic mass is 16.6. The second-order valence-electron chi connectivity index (χ2n) is 6.87. The zero-order valence-corrected chi connectivity index (χ0v) is 16.5. The quantitative estimate of drug-likeness (QED) is 0.671. The summed E-state index contributed by atoms with van der Waals surface area (Å²) >= 11 is 0. The topological polar surface area (TPSA) is 93.7 Å². The van der Waals surface area contributed by atoms with Crippen LogP contribution in [0.3, 0.4) is 0 Å². The first-order valence-corrected chi connectivity index (χ1v) is 9.65. The Bertz CT molecular complexity index is 1030. The predicted octanol–water partition coefficient (Wildman–Crippen LogP) is 2.30. The number of hydrogen-bond acceptors (Lipinski definition) is 6. The van der Waals surface area contributed by atoms with E-state index in [1.54, 1.807) is 23.6 Å². The van der Waals surface area contributed by atoms with Crippen LogP contribution in [0.2, 0.25) is 0 Å². The standard InChI is InChI=1S/C20H23N5O4/c1-3-28-20(27)24-10-8-23(9-11-24)18(26)13-25-16-7-5-4-6-15(16)12-17(25)19-22-21-14(2)29-19/h4-7,12H,3,8-11,13H2,1-2H3. The molecule has 1 aliphatic heterocycles. The molecule has 0 bridgehead atoms. The molecule has 0 radical (unpaired) electrons. The van der Waals surface area contributed by atoms with Crippen LogP contribution in [-0.2, 0) is 16.1 Å². The maximum atomic E-state index is 13.0. The Morgan fingerprint density at radius 2 is 1.83 bits per heavy atom. The van der Waals surface area contributed by atoms with Crippen LogP contribution in [0, 0.1) is 6.92 Å². The van der Waals surface area contributed by atoms with Crippen LogP contribution in [0.25, 0.3) is 22.5 Å². The molecular formula is C20H23N5O4. The Hall–Kier alpha value is -3.36. The molecule has 0 spiro atoms. The van der Waals surface area contributed by atoms with Gasteiger partial charge in [-0.3, -0.25) is 4.79 Å². The summed E-state index contributed by atoms with van der Waals surface area (Å²) in [6.07, 6.45) is -0.329. The fourth-order valence-corrected chi connectivity index (χ4v) is 3.55. The van der Waals surface area contributed by atoms with Crippen molar-refractivity contribution < 1.29 is 18.7 Å². The summed E-state index contributed by atoms with van der Waals surface area (Å²) in [5.74, 6) is 0.837. The van der Waals surface area contributed by atoms with Gasteiger partial charge in [-0.15, -0.1) is 10.2 Å². The molecule has 1 aliphatic rings. The number of carbonyl (C=O) groups excluding carboxylic acids is 2. The third kappa shape index (κ3) is 3.80. The molecule has 1 fully saturated rings. The molecule has 9 nitrogen and oxygen atoms in total. The molecule has 0 unspecified atom stereocenters. The van der Waals surface area contributed by atoms with Gasteiger partial charge in [-0.05, 0) is 19.1 Å². The minimum absolute atomic E-state index is 0.0210. The van der Waals surface area contributed by atoms with Gasteiger partial charge >= 0.3 is 6.09 Å². The van der Waals surface area contributed by atoms with E-state index in [9.17, 15) is 9.59 Å². The smallest absolute Gasteiger partial charge is 0.409 e. The summed E-state index contributed by atoms with van der Waals surface area (Å²) in [5, 5.41) is 9.03. The van der Waals surface area contributed by atoms with Gasteiger partial charge in [0.05, 0.1) is 6.61 Å². The van der Waals surface area contributed by atoms with Gasteiger partial charge in [0.1, 0.15) is 12.2 Å². The van der Waals surface area contributed by atoms with Crippen LogP contribution >= 0.6 is 0 Å². The third-order valence-corrected chi connectivity index (χ3v) is 5.01. The number of carbonyl (C=O) groups is 2. The van der Waals surface area contributed by atoms with Crippen molar-refractivity contribution in [3.63, 3.8) is 0 Å². The Kier molecular flexibility index (Phi) is 5.20. The molecule has 0 N–H and O–H groups in total. The molecule has 0 atom stereocenters. The summed E-state index contributed by atoms with van der Waals surface area (Å²) in [6, 6.07) is 9.79. The number of rotatable bonds is 4. The second-order valence-corrected chi connectivity index (χ2v) is 6.87. The van der Waals surface area contributed by atoms with Crippen LogP contribution in [0.5, 0.6) is 0 Å². The molecule has 1 saturated heterocycles. The maximum Gasteiger partial charge on any atom is 0.409 e. The van der Waals surface area contributed by atoms with Crippen LogP contribution in [0.1, 0.15) is 12.8 Å². The maximum absolute atomic E-state index is 13.0. The highest BCUT2D eigenvalue weighted by molar-refractivity contribution is 5.88. The Balaban J connectivity index is 1.53. The zero-order chi connectivity index (χ0) is 20.4. The van der Waals surface area contributed by atoms with Crippen molar-refractivity contribution in [1.29, 1.82) is 0 Å². The monoisotopic (exact) mass is 397 g/mol.